The van der Waals surface area contributed by atoms with Crippen LogP contribution in [0.1, 0.15) is 19.4 Å². The zero-order valence-corrected chi connectivity index (χ0v) is 12.3. The van der Waals surface area contributed by atoms with Gasteiger partial charge in [0.25, 0.3) is 0 Å². The lowest BCUT2D eigenvalue weighted by atomic mass is 10.3. The smallest absolute Gasteiger partial charge is 0.225 e. The predicted octanol–water partition coefficient (Wildman–Crippen LogP) is 1.74. The minimum Gasteiger partial charge on any atom is -0.339 e. The van der Waals surface area contributed by atoms with E-state index in [1.165, 1.54) is 6.92 Å². The van der Waals surface area contributed by atoms with Crippen molar-refractivity contribution in [3.05, 3.63) is 29.7 Å². The molecule has 0 saturated carbocycles. The summed E-state index contributed by atoms with van der Waals surface area (Å²) in [4.78, 5) is 21.6. The zero-order valence-electron chi connectivity index (χ0n) is 11.5. The normalized spacial score (nSPS) is 18.0. The molecule has 1 fully saturated rings. The number of carbonyl (C=O) groups is 1. The van der Waals surface area contributed by atoms with E-state index in [9.17, 15) is 4.79 Å². The number of halogens is 1. The number of aromatic nitrogens is 4. The fourth-order valence-corrected chi connectivity index (χ4v) is 2.49. The molecular weight excluding hydrogens is 292 g/mol. The van der Waals surface area contributed by atoms with Gasteiger partial charge in [-0.2, -0.15) is 5.10 Å². The third-order valence-corrected chi connectivity index (χ3v) is 3.53. The van der Waals surface area contributed by atoms with Gasteiger partial charge in [-0.05, 0) is 6.42 Å². The molecule has 0 spiro atoms. The molecule has 0 aromatic carbocycles. The van der Waals surface area contributed by atoms with Gasteiger partial charge in [0.05, 0.1) is 23.5 Å². The molecule has 2 aromatic rings. The highest BCUT2D eigenvalue weighted by atomic mass is 35.5. The standard InChI is InChI=1S/C13H15ClN6O/c1-9(21)17-12-3-5-20(18-12)11-2-4-19(8-11)13-15-6-10(14)7-16-13/h3,5-7,11H,2,4,8H2,1H3,(H,17,18,21)/t11-/m0/s1. The van der Waals surface area contributed by atoms with Crippen LogP contribution in [0.15, 0.2) is 24.7 Å². The Morgan fingerprint density at radius 2 is 2.19 bits per heavy atom. The molecule has 1 atom stereocenters. The maximum atomic E-state index is 11.0. The molecule has 110 valence electrons. The van der Waals surface area contributed by atoms with Crippen LogP contribution in [-0.2, 0) is 4.79 Å². The summed E-state index contributed by atoms with van der Waals surface area (Å²) < 4.78 is 1.88. The Bertz CT molecular complexity index is 640. The number of rotatable bonds is 3. The summed E-state index contributed by atoms with van der Waals surface area (Å²) in [5, 5.41) is 7.57. The summed E-state index contributed by atoms with van der Waals surface area (Å²) in [6.45, 7) is 3.11. The monoisotopic (exact) mass is 306 g/mol. The Morgan fingerprint density at radius 3 is 2.90 bits per heavy atom. The number of amides is 1. The lowest BCUT2D eigenvalue weighted by molar-refractivity contribution is -0.114. The van der Waals surface area contributed by atoms with Crippen molar-refractivity contribution in [3.8, 4) is 0 Å². The maximum Gasteiger partial charge on any atom is 0.225 e. The fraction of sp³-hybridized carbons (Fsp3) is 0.385. The highest BCUT2D eigenvalue weighted by molar-refractivity contribution is 6.30. The molecule has 0 aliphatic carbocycles. The Labute approximate surface area is 126 Å². The minimum atomic E-state index is -0.122. The van der Waals surface area contributed by atoms with Crippen molar-refractivity contribution in [3.63, 3.8) is 0 Å². The molecule has 1 amide bonds. The van der Waals surface area contributed by atoms with E-state index in [1.807, 2.05) is 10.9 Å². The number of nitrogens with one attached hydrogen (secondary N) is 1. The average Bonchev–Trinajstić information content (AvgIpc) is 3.07. The van der Waals surface area contributed by atoms with Crippen LogP contribution in [0, 0.1) is 0 Å². The molecule has 2 aromatic heterocycles. The second kappa shape index (κ2) is 5.69. The van der Waals surface area contributed by atoms with Crippen LogP contribution in [0.5, 0.6) is 0 Å². The molecule has 1 N–H and O–H groups in total. The van der Waals surface area contributed by atoms with E-state index in [0.29, 0.717) is 16.8 Å². The number of anilines is 2. The highest BCUT2D eigenvalue weighted by Crippen LogP contribution is 2.25. The van der Waals surface area contributed by atoms with E-state index < -0.39 is 0 Å². The first-order chi connectivity index (χ1) is 10.1. The van der Waals surface area contributed by atoms with Gasteiger partial charge in [0.2, 0.25) is 11.9 Å². The van der Waals surface area contributed by atoms with Gasteiger partial charge in [0.1, 0.15) is 0 Å². The summed E-state index contributed by atoms with van der Waals surface area (Å²) in [6, 6.07) is 2.04. The van der Waals surface area contributed by atoms with Gasteiger partial charge < -0.3 is 10.2 Å². The SMILES string of the molecule is CC(=O)Nc1ccn([C@H]2CCN(c3ncc(Cl)cn3)C2)n1. The van der Waals surface area contributed by atoms with Gasteiger partial charge in [0.15, 0.2) is 5.82 Å². The highest BCUT2D eigenvalue weighted by Gasteiger charge is 2.26. The molecule has 0 bridgehead atoms. The van der Waals surface area contributed by atoms with Crippen molar-refractivity contribution in [2.75, 3.05) is 23.3 Å². The Hall–Kier alpha value is -2.15. The van der Waals surface area contributed by atoms with Crippen LogP contribution in [-0.4, -0.2) is 38.7 Å². The van der Waals surface area contributed by atoms with Gasteiger partial charge in [-0.15, -0.1) is 0 Å². The lowest BCUT2D eigenvalue weighted by Gasteiger charge is -2.16. The molecule has 1 aliphatic rings. The van der Waals surface area contributed by atoms with Crippen molar-refractivity contribution in [2.24, 2.45) is 0 Å². The summed E-state index contributed by atoms with van der Waals surface area (Å²) in [5.41, 5.74) is 0. The van der Waals surface area contributed by atoms with Crippen molar-refractivity contribution < 1.29 is 4.79 Å². The summed E-state index contributed by atoms with van der Waals surface area (Å²) >= 11 is 5.80. The van der Waals surface area contributed by atoms with Crippen molar-refractivity contribution in [1.82, 2.24) is 19.7 Å². The number of hydrogen-bond acceptors (Lipinski definition) is 5. The van der Waals surface area contributed by atoms with E-state index in [2.05, 4.69) is 25.3 Å². The van der Waals surface area contributed by atoms with E-state index in [-0.39, 0.29) is 11.9 Å². The Morgan fingerprint density at radius 1 is 1.43 bits per heavy atom. The molecule has 3 rings (SSSR count). The molecule has 0 radical (unpaired) electrons. The van der Waals surface area contributed by atoms with E-state index in [0.717, 1.165) is 19.5 Å². The van der Waals surface area contributed by atoms with Crippen LogP contribution in [0.2, 0.25) is 5.02 Å². The molecule has 21 heavy (non-hydrogen) atoms. The second-order valence-corrected chi connectivity index (χ2v) is 5.39. The van der Waals surface area contributed by atoms with Crippen molar-refractivity contribution in [1.29, 1.82) is 0 Å². The first-order valence-corrected chi connectivity index (χ1v) is 7.05. The fourth-order valence-electron chi connectivity index (χ4n) is 2.40. The van der Waals surface area contributed by atoms with E-state index in [1.54, 1.807) is 18.5 Å². The van der Waals surface area contributed by atoms with E-state index in [4.69, 9.17) is 11.6 Å². The number of carbonyl (C=O) groups excluding carboxylic acids is 1. The largest absolute Gasteiger partial charge is 0.339 e. The van der Waals surface area contributed by atoms with Crippen LogP contribution in [0.3, 0.4) is 0 Å². The van der Waals surface area contributed by atoms with Gasteiger partial charge in [-0.25, -0.2) is 9.97 Å². The summed E-state index contributed by atoms with van der Waals surface area (Å²) in [7, 11) is 0. The minimum absolute atomic E-state index is 0.122. The lowest BCUT2D eigenvalue weighted by Crippen LogP contribution is -2.23. The van der Waals surface area contributed by atoms with E-state index >= 15 is 0 Å². The molecule has 1 saturated heterocycles. The third kappa shape index (κ3) is 3.13. The second-order valence-electron chi connectivity index (χ2n) is 4.95. The maximum absolute atomic E-state index is 11.0. The van der Waals surface area contributed by atoms with Gasteiger partial charge >= 0.3 is 0 Å². The number of hydrogen-bond donors (Lipinski definition) is 1. The molecule has 1 aliphatic heterocycles. The molecular formula is C13H15ClN6O. The predicted molar refractivity (Wildman–Crippen MR) is 79.4 cm³/mol. The first-order valence-electron chi connectivity index (χ1n) is 6.67. The van der Waals surface area contributed by atoms with Crippen LogP contribution in [0.25, 0.3) is 0 Å². The first kappa shape index (κ1) is 13.8. The Kier molecular flexibility index (Phi) is 3.74. The van der Waals surface area contributed by atoms with Crippen molar-refractivity contribution in [2.45, 2.75) is 19.4 Å². The van der Waals surface area contributed by atoms with Crippen LogP contribution in [0.4, 0.5) is 11.8 Å². The van der Waals surface area contributed by atoms with Crippen molar-refractivity contribution >= 4 is 29.3 Å². The molecule has 3 heterocycles. The van der Waals surface area contributed by atoms with Crippen LogP contribution < -0.4 is 10.2 Å². The molecule has 0 unspecified atom stereocenters. The Balaban J connectivity index is 1.67. The van der Waals surface area contributed by atoms with Gasteiger partial charge in [-0.3, -0.25) is 9.48 Å². The molecule has 8 heteroatoms. The zero-order chi connectivity index (χ0) is 14.8. The van der Waals surface area contributed by atoms with Gasteiger partial charge in [0, 0.05) is 32.3 Å². The topological polar surface area (TPSA) is 75.9 Å². The third-order valence-electron chi connectivity index (χ3n) is 3.34. The average molecular weight is 307 g/mol. The van der Waals surface area contributed by atoms with Gasteiger partial charge in [-0.1, -0.05) is 11.6 Å². The number of nitrogens with zero attached hydrogens (tertiary/aromatic N) is 5. The van der Waals surface area contributed by atoms with Crippen LogP contribution >= 0.6 is 11.6 Å². The summed E-state index contributed by atoms with van der Waals surface area (Å²) in [5.74, 6) is 1.13. The summed E-state index contributed by atoms with van der Waals surface area (Å²) in [6.07, 6.45) is 6.02. The quantitative estimate of drug-likeness (QED) is 0.934. The molecule has 7 nitrogen and oxygen atoms in total.